The van der Waals surface area contributed by atoms with Crippen LogP contribution in [0.25, 0.3) is 87.0 Å². The average molecular weight is 1730 g/mol. The number of hydrogen-bond donors (Lipinski definition) is 2. The van der Waals surface area contributed by atoms with Crippen molar-refractivity contribution in [2.75, 3.05) is 52.9 Å². The Morgan fingerprint density at radius 3 is 1.06 bits per heavy atom. The number of hydrogen-bond acceptors (Lipinski definition) is 22. The predicted octanol–water partition coefficient (Wildman–Crippen LogP) is 18.7. The zero-order valence-electron chi connectivity index (χ0n) is 69.6. The summed E-state index contributed by atoms with van der Waals surface area (Å²) in [5.74, 6) is -3.20. The van der Waals surface area contributed by atoms with Crippen molar-refractivity contribution in [3.05, 3.63) is 322 Å². The van der Waals surface area contributed by atoms with Crippen LogP contribution in [0.5, 0.6) is 57.5 Å². The van der Waals surface area contributed by atoms with Gasteiger partial charge >= 0.3 is 11.9 Å². The summed E-state index contributed by atoms with van der Waals surface area (Å²) in [6.45, 7) is 2.42. The molecule has 15 aromatic carbocycles. The number of fused-ring (bicyclic) bond motifs is 8. The van der Waals surface area contributed by atoms with Crippen molar-refractivity contribution in [2.45, 2.75) is 75.4 Å². The highest BCUT2D eigenvalue weighted by Gasteiger charge is 2.48. The first-order chi connectivity index (χ1) is 63.6. The van der Waals surface area contributed by atoms with Crippen molar-refractivity contribution in [3.8, 4) is 57.5 Å². The van der Waals surface area contributed by atoms with Gasteiger partial charge in [0.25, 0.3) is 23.6 Å². The molecule has 4 amide bonds. The minimum Gasteiger partial charge on any atom is -0.508 e. The normalized spacial score (nSPS) is 17.1. The molecule has 130 heavy (non-hydrogen) atoms. The molecule has 0 aliphatic carbocycles. The van der Waals surface area contributed by atoms with Gasteiger partial charge < -0.3 is 75.9 Å². The van der Waals surface area contributed by atoms with Crippen LogP contribution in [0.3, 0.4) is 0 Å². The number of nitrogens with zero attached hydrogens (tertiary/aromatic N) is 2. The van der Waals surface area contributed by atoms with Crippen LogP contribution in [0.4, 0.5) is 0 Å². The molecule has 24 nitrogen and oxygen atoms in total. The Hall–Kier alpha value is -15.3. The second-order valence-electron chi connectivity index (χ2n) is 33.6. The van der Waals surface area contributed by atoms with Crippen molar-refractivity contribution < 1.29 is 105 Å². The van der Waals surface area contributed by atoms with Crippen LogP contribution < -0.4 is 28.4 Å². The summed E-state index contributed by atoms with van der Waals surface area (Å²) < 4.78 is 88.7. The Morgan fingerprint density at radius 2 is 0.669 bits per heavy atom. The molecule has 6 aliphatic heterocycles. The van der Waals surface area contributed by atoms with E-state index in [9.17, 15) is 10.2 Å². The third-order valence-electron chi connectivity index (χ3n) is 24.8. The first-order valence-corrected chi connectivity index (χ1v) is 43.1. The molecule has 24 heteroatoms. The number of benzene rings is 15. The highest BCUT2D eigenvalue weighted by Crippen LogP contribution is 2.57. The van der Waals surface area contributed by atoms with Gasteiger partial charge in [0, 0.05) is 95.7 Å². The Labute approximate surface area is 740 Å². The summed E-state index contributed by atoms with van der Waals surface area (Å²) in [7, 11) is 0. The fourth-order valence-electron chi connectivity index (χ4n) is 18.2. The van der Waals surface area contributed by atoms with Crippen LogP contribution in [0.2, 0.25) is 0 Å². The van der Waals surface area contributed by atoms with Gasteiger partial charge in [-0.05, 0) is 172 Å². The van der Waals surface area contributed by atoms with E-state index in [1.165, 1.54) is 24.3 Å². The number of phenols is 2. The predicted molar refractivity (Wildman–Crippen MR) is 479 cm³/mol. The number of esters is 2. The van der Waals surface area contributed by atoms with Gasteiger partial charge in [0.1, 0.15) is 156 Å². The molecule has 2 N–H and O–H groups in total. The summed E-state index contributed by atoms with van der Waals surface area (Å²) in [5.41, 5.74) is 6.32. The third-order valence-corrected chi connectivity index (χ3v) is 24.8. The fraction of sp³-hybridized carbons (Fsp3) is 0.189. The standard InChI is InChI=1S/C106H78N2O22/c109-65-31-27-57(28-32-65)39-85(105(115)125-47-61-13-7-23-79-77-21-1-3-25-87(77)129-99(61)79)107-101(111)81-41-63(35-59-11-5-15-67(37-59)117-49-73-53-121-73)91-95-89(127-71-19-9-17-69(43-71)119-51-75-55-123-75)45-83-94-84(104(114)108(103(83)113)86(40-58-29-33-66(110)34-30-58)106(116)126-48-62-14-8-24-80-78-22-2-4-26-88(78)130-100(62)80)46-90(128-72-20-10-18-70(44-72)120-52-76-56-124-76)96(98(94)95)92-64(42-82(102(107)112)93(81)97(91)92)36-60-12-6-16-68(38-60)118-50-74-54-122-74/h1-34,37-38,41-46,73-76,85-86,109-110H,35-36,39-40,47-56H2. The molecule has 644 valence electrons. The molecular weight excluding hydrogens is 1650 g/mol. The largest absolute Gasteiger partial charge is 0.508 e. The van der Waals surface area contributed by atoms with E-state index in [1.54, 1.807) is 109 Å². The van der Waals surface area contributed by atoms with E-state index in [0.717, 1.165) is 31.3 Å². The van der Waals surface area contributed by atoms with Crippen LogP contribution in [-0.2, 0) is 76.9 Å². The molecule has 0 spiro atoms. The van der Waals surface area contributed by atoms with Gasteiger partial charge in [0.15, 0.2) is 0 Å². The van der Waals surface area contributed by atoms with E-state index in [4.69, 9.17) is 65.7 Å². The molecular formula is C106H78N2O22. The lowest BCUT2D eigenvalue weighted by Gasteiger charge is -2.36. The fourth-order valence-corrected chi connectivity index (χ4v) is 18.2. The maximum Gasteiger partial charge on any atom is 0.330 e. The lowest BCUT2D eigenvalue weighted by molar-refractivity contribution is -0.150. The van der Waals surface area contributed by atoms with Crippen molar-refractivity contribution in [1.29, 1.82) is 0 Å². The molecule has 2 aromatic heterocycles. The highest BCUT2D eigenvalue weighted by molar-refractivity contribution is 6.44. The molecule has 4 saturated heterocycles. The molecule has 0 saturated carbocycles. The number of carbonyl (C=O) groups is 6. The lowest BCUT2D eigenvalue weighted by atomic mass is 9.77. The number of carbonyl (C=O) groups excluding carboxylic acids is 6. The van der Waals surface area contributed by atoms with Crippen LogP contribution in [0.1, 0.15) is 85.9 Å². The van der Waals surface area contributed by atoms with E-state index in [-0.39, 0.29) is 173 Å². The van der Waals surface area contributed by atoms with Gasteiger partial charge in [0.2, 0.25) is 0 Å². The Balaban J connectivity index is 0.783. The summed E-state index contributed by atoms with van der Waals surface area (Å²) in [4.78, 5) is 102. The van der Waals surface area contributed by atoms with Gasteiger partial charge in [-0.15, -0.1) is 0 Å². The number of amides is 4. The first kappa shape index (κ1) is 79.3. The molecule has 23 rings (SSSR count). The van der Waals surface area contributed by atoms with E-state index >= 15 is 28.8 Å². The Kier molecular flexibility index (Phi) is 19.8. The van der Waals surface area contributed by atoms with Gasteiger partial charge in [-0.3, -0.25) is 29.0 Å². The second kappa shape index (κ2) is 32.5. The molecule has 8 heterocycles. The van der Waals surface area contributed by atoms with Gasteiger partial charge in [0.05, 0.1) is 37.6 Å². The molecule has 0 bridgehead atoms. The monoisotopic (exact) mass is 1730 g/mol. The van der Waals surface area contributed by atoms with Crippen LogP contribution in [0.15, 0.2) is 264 Å². The van der Waals surface area contributed by atoms with Gasteiger partial charge in [-0.25, -0.2) is 9.59 Å². The van der Waals surface area contributed by atoms with Crippen LogP contribution in [-0.4, -0.2) is 145 Å². The second-order valence-corrected chi connectivity index (χ2v) is 33.6. The van der Waals surface area contributed by atoms with Crippen LogP contribution >= 0.6 is 0 Å². The Morgan fingerprint density at radius 1 is 0.331 bits per heavy atom. The summed E-state index contributed by atoms with van der Waals surface area (Å²) in [6, 6.07) is 70.7. The van der Waals surface area contributed by atoms with Crippen LogP contribution in [0, 0.1) is 0 Å². The number of phenolic OH excluding ortho intramolecular Hbond substituents is 2. The number of rotatable bonds is 32. The highest BCUT2D eigenvalue weighted by atomic mass is 16.6. The van der Waals surface area contributed by atoms with E-state index in [2.05, 4.69) is 0 Å². The first-order valence-electron chi connectivity index (χ1n) is 43.1. The molecule has 6 unspecified atom stereocenters. The van der Waals surface area contributed by atoms with E-state index in [0.29, 0.717) is 132 Å². The topological polar surface area (TPSA) is 300 Å². The Bertz CT molecular complexity index is 6820. The SMILES string of the molecule is O=C(OCc1cccc2c1oc1ccccc12)C(Cc1ccc(O)cc1)N1C(=O)c2cc(Cc3cccc(OCC4CO4)c3)c3c4c(Oc5cccc(OCC6CO6)c5)cc5c6c(cc(Oc7cccc(OCC8CO8)c7)c(c7c(Cc8cccc(OCC9CO9)c8)cc(c2c37)C1=O)c64)C(=O)N(C(Cc1ccc(O)cc1)C(=O)OCc1cccc2c1oc1ccccc12)C5=O. The zero-order valence-corrected chi connectivity index (χ0v) is 69.6. The van der Waals surface area contributed by atoms with Gasteiger partial charge in [-0.2, -0.15) is 0 Å². The molecule has 4 fully saturated rings. The minimum atomic E-state index is -1.71. The van der Waals surface area contributed by atoms with Gasteiger partial charge in [-0.1, -0.05) is 133 Å². The summed E-state index contributed by atoms with van der Waals surface area (Å²) in [5, 5.41) is 27.1. The lowest BCUT2D eigenvalue weighted by Crippen LogP contribution is -2.52. The average Bonchev–Trinajstić information content (AvgIpc) is 1.44. The molecule has 6 atom stereocenters. The zero-order chi connectivity index (χ0) is 87.5. The number of furan rings is 2. The summed E-state index contributed by atoms with van der Waals surface area (Å²) >= 11 is 0. The number of aromatic hydroxyl groups is 2. The quantitative estimate of drug-likeness (QED) is 0.0130. The molecule has 17 aromatic rings. The van der Waals surface area contributed by atoms with Crippen molar-refractivity contribution >= 4 is 123 Å². The number of epoxide rings is 4. The van der Waals surface area contributed by atoms with E-state index < -0.39 is 47.7 Å². The number of imide groups is 2. The maximum atomic E-state index is 17.2. The minimum absolute atomic E-state index is 0.00981. The molecule has 0 radical (unpaired) electrons. The van der Waals surface area contributed by atoms with E-state index in [1.807, 2.05) is 121 Å². The molecule has 6 aliphatic rings. The van der Waals surface area contributed by atoms with Crippen molar-refractivity contribution in [3.63, 3.8) is 0 Å². The number of para-hydroxylation sites is 4. The van der Waals surface area contributed by atoms with Crippen molar-refractivity contribution in [1.82, 2.24) is 9.80 Å². The smallest absolute Gasteiger partial charge is 0.330 e. The number of ether oxygens (including phenoxy) is 12. The van der Waals surface area contributed by atoms with Crippen molar-refractivity contribution in [2.24, 2.45) is 0 Å². The third kappa shape index (κ3) is 15.1. The maximum absolute atomic E-state index is 17.2. The summed E-state index contributed by atoms with van der Waals surface area (Å²) in [6.07, 6.45) is -1.04.